The van der Waals surface area contributed by atoms with Crippen LogP contribution in [-0.2, 0) is 9.84 Å². The highest BCUT2D eigenvalue weighted by atomic mass is 32.2. The summed E-state index contributed by atoms with van der Waals surface area (Å²) >= 11 is 0. The summed E-state index contributed by atoms with van der Waals surface area (Å²) in [5.74, 6) is 1.85. The fraction of sp³-hybridized carbons (Fsp3) is 0.136. The second-order valence-corrected chi connectivity index (χ2v) is 9.17. The molecule has 0 bridgehead atoms. The van der Waals surface area contributed by atoms with Gasteiger partial charge in [-0.25, -0.2) is 18.4 Å². The van der Waals surface area contributed by atoms with E-state index in [-0.39, 0.29) is 10.7 Å². The van der Waals surface area contributed by atoms with Gasteiger partial charge < -0.3 is 5.73 Å². The van der Waals surface area contributed by atoms with Crippen molar-refractivity contribution in [3.63, 3.8) is 0 Å². The number of nitrogen functional groups attached to an aromatic ring is 1. The Kier molecular flexibility index (Phi) is 5.48. The summed E-state index contributed by atoms with van der Waals surface area (Å²) in [4.78, 5) is 20.8. The van der Waals surface area contributed by atoms with Gasteiger partial charge in [-0.1, -0.05) is 30.3 Å². The van der Waals surface area contributed by atoms with Gasteiger partial charge in [0.2, 0.25) is 5.78 Å². The van der Waals surface area contributed by atoms with Crippen LogP contribution in [0.1, 0.15) is 24.2 Å². The van der Waals surface area contributed by atoms with Crippen molar-refractivity contribution in [2.75, 3.05) is 5.73 Å². The van der Waals surface area contributed by atoms with Crippen molar-refractivity contribution in [1.82, 2.24) is 9.97 Å². The number of ketones is 1. The highest BCUT2D eigenvalue weighted by Gasteiger charge is 2.19. The monoisotopic (exact) mass is 405 g/mol. The van der Waals surface area contributed by atoms with Gasteiger partial charge in [-0.2, -0.15) is 0 Å². The molecule has 146 valence electrons. The number of anilines is 1. The number of terminal acetylenes is 1. The van der Waals surface area contributed by atoms with Gasteiger partial charge in [0.1, 0.15) is 11.5 Å². The van der Waals surface area contributed by atoms with Crippen LogP contribution >= 0.6 is 0 Å². The molecule has 0 aliphatic rings. The molecule has 0 radical (unpaired) electrons. The third kappa shape index (κ3) is 4.03. The molecule has 3 aromatic rings. The maximum atomic E-state index is 12.3. The van der Waals surface area contributed by atoms with Gasteiger partial charge in [0.25, 0.3) is 0 Å². The second kappa shape index (κ2) is 7.86. The van der Waals surface area contributed by atoms with Crippen LogP contribution in [0, 0.1) is 12.3 Å². The van der Waals surface area contributed by atoms with Crippen LogP contribution in [0.4, 0.5) is 5.82 Å². The molecule has 1 heterocycles. The summed E-state index contributed by atoms with van der Waals surface area (Å²) in [6, 6.07) is 13.1. The zero-order chi connectivity index (χ0) is 21.2. The number of benzene rings is 2. The smallest absolute Gasteiger partial charge is 0.235 e. The average Bonchev–Trinajstić information content (AvgIpc) is 2.73. The molecule has 0 atom stereocenters. The molecule has 7 heteroatoms. The third-order valence-corrected chi connectivity index (χ3v) is 6.60. The topological polar surface area (TPSA) is 103 Å². The Morgan fingerprint density at radius 2 is 1.79 bits per heavy atom. The number of Topliss-reactive ketones (excluding diaryl/α,β-unsaturated/α-hetero) is 1. The maximum Gasteiger partial charge on any atom is 0.235 e. The summed E-state index contributed by atoms with van der Waals surface area (Å²) in [6.07, 6.45) is 6.70. The first-order chi connectivity index (χ1) is 13.7. The number of hydrogen-bond acceptors (Lipinski definition) is 6. The highest BCUT2D eigenvalue weighted by Crippen LogP contribution is 2.27. The molecule has 1 aromatic heterocycles. The lowest BCUT2D eigenvalue weighted by atomic mass is 10.0. The van der Waals surface area contributed by atoms with E-state index in [0.29, 0.717) is 28.1 Å². The van der Waals surface area contributed by atoms with Crippen molar-refractivity contribution in [2.45, 2.75) is 24.0 Å². The average molecular weight is 405 g/mol. The molecule has 2 aromatic carbocycles. The molecule has 0 saturated carbocycles. The molecule has 0 spiro atoms. The normalized spacial score (nSPS) is 11.2. The number of aromatic nitrogens is 2. The van der Waals surface area contributed by atoms with E-state index >= 15 is 0 Å². The Morgan fingerprint density at radius 1 is 1.10 bits per heavy atom. The number of sulfone groups is 1. The molecule has 29 heavy (non-hydrogen) atoms. The first-order valence-corrected chi connectivity index (χ1v) is 10.4. The van der Waals surface area contributed by atoms with Crippen molar-refractivity contribution in [2.24, 2.45) is 0 Å². The number of nitrogens with zero attached hydrogens (tertiary/aromatic N) is 2. The Morgan fingerprint density at radius 3 is 2.41 bits per heavy atom. The van der Waals surface area contributed by atoms with E-state index in [2.05, 4.69) is 15.9 Å². The largest absolute Gasteiger partial charge is 0.382 e. The number of hydrogen-bond donors (Lipinski definition) is 1. The van der Waals surface area contributed by atoms with Gasteiger partial charge in [0.05, 0.1) is 22.0 Å². The van der Waals surface area contributed by atoms with E-state index < -0.39 is 20.9 Å². The Hall–Kier alpha value is -3.50. The summed E-state index contributed by atoms with van der Waals surface area (Å²) in [5.41, 5.74) is 8.59. The standard InChI is InChI=1S/C22H19N3O3S/c1-4-20(26)16-6-5-7-17(12-16)21-22(23)24-13-19(25-21)15-8-10-18(11-9-15)29(27,28)14(2)3/h1,5-14H,2-3H3,(H2,23,24). The van der Waals surface area contributed by atoms with Crippen molar-refractivity contribution < 1.29 is 13.2 Å². The SMILES string of the molecule is C#CC(=O)c1cccc(-c2nc(-c3ccc(S(=O)(=O)C(C)C)cc3)cnc2N)c1. The van der Waals surface area contributed by atoms with Crippen molar-refractivity contribution in [3.8, 4) is 34.9 Å². The predicted molar refractivity (Wildman–Crippen MR) is 113 cm³/mol. The van der Waals surface area contributed by atoms with Crippen molar-refractivity contribution >= 4 is 21.4 Å². The number of rotatable bonds is 5. The highest BCUT2D eigenvalue weighted by molar-refractivity contribution is 7.92. The van der Waals surface area contributed by atoms with Gasteiger partial charge >= 0.3 is 0 Å². The van der Waals surface area contributed by atoms with Crippen LogP contribution in [0.2, 0.25) is 0 Å². The van der Waals surface area contributed by atoms with Crippen molar-refractivity contribution in [1.29, 1.82) is 0 Å². The lowest BCUT2D eigenvalue weighted by molar-refractivity contribution is 0.105. The van der Waals surface area contributed by atoms with Gasteiger partial charge in [-0.05, 0) is 38.0 Å². The van der Waals surface area contributed by atoms with Crippen LogP contribution in [-0.4, -0.2) is 29.4 Å². The zero-order valence-electron chi connectivity index (χ0n) is 16.0. The van der Waals surface area contributed by atoms with E-state index in [0.717, 1.165) is 0 Å². The van der Waals surface area contributed by atoms with Gasteiger partial charge in [-0.3, -0.25) is 4.79 Å². The fourth-order valence-electron chi connectivity index (χ4n) is 2.73. The quantitative estimate of drug-likeness (QED) is 0.396. The lowest BCUT2D eigenvalue weighted by Crippen LogP contribution is -2.13. The Labute approximate surface area is 169 Å². The summed E-state index contributed by atoms with van der Waals surface area (Å²) in [6.45, 7) is 3.28. The third-order valence-electron chi connectivity index (χ3n) is 4.43. The van der Waals surface area contributed by atoms with Gasteiger partial charge in [0, 0.05) is 16.7 Å². The molecule has 3 rings (SSSR count). The molecule has 0 aliphatic carbocycles. The summed E-state index contributed by atoms with van der Waals surface area (Å²) in [7, 11) is -3.35. The molecular formula is C22H19N3O3S. The number of carbonyl (C=O) groups is 1. The number of carbonyl (C=O) groups excluding carboxylic acids is 1. The van der Waals surface area contributed by atoms with E-state index in [1.165, 1.54) is 6.20 Å². The Bertz CT molecular complexity index is 1220. The van der Waals surface area contributed by atoms with E-state index in [1.807, 2.05) is 0 Å². The zero-order valence-corrected chi connectivity index (χ0v) is 16.8. The minimum absolute atomic E-state index is 0.207. The van der Waals surface area contributed by atoms with E-state index in [9.17, 15) is 13.2 Å². The molecule has 0 unspecified atom stereocenters. The molecule has 2 N–H and O–H groups in total. The Balaban J connectivity index is 2.03. The molecular weight excluding hydrogens is 386 g/mol. The van der Waals surface area contributed by atoms with Crippen LogP contribution in [0.3, 0.4) is 0 Å². The minimum atomic E-state index is -3.35. The van der Waals surface area contributed by atoms with Crippen LogP contribution in [0.15, 0.2) is 59.6 Å². The summed E-state index contributed by atoms with van der Waals surface area (Å²) in [5, 5.41) is -0.505. The first-order valence-electron chi connectivity index (χ1n) is 8.82. The van der Waals surface area contributed by atoms with Gasteiger partial charge in [0.15, 0.2) is 9.84 Å². The molecule has 6 nitrogen and oxygen atoms in total. The lowest BCUT2D eigenvalue weighted by Gasteiger charge is -2.10. The van der Waals surface area contributed by atoms with E-state index in [4.69, 9.17) is 12.2 Å². The minimum Gasteiger partial charge on any atom is -0.382 e. The maximum absolute atomic E-state index is 12.3. The molecule has 0 aliphatic heterocycles. The fourth-order valence-corrected chi connectivity index (χ4v) is 3.79. The summed E-state index contributed by atoms with van der Waals surface area (Å²) < 4.78 is 24.6. The molecule has 0 amide bonds. The second-order valence-electron chi connectivity index (χ2n) is 6.66. The van der Waals surface area contributed by atoms with Crippen LogP contribution in [0.25, 0.3) is 22.5 Å². The van der Waals surface area contributed by atoms with Gasteiger partial charge in [-0.15, -0.1) is 6.42 Å². The number of nitrogens with two attached hydrogens (primary N) is 1. The predicted octanol–water partition coefficient (Wildman–Crippen LogP) is 3.39. The van der Waals surface area contributed by atoms with Crippen LogP contribution in [0.5, 0.6) is 0 Å². The molecule has 0 saturated heterocycles. The first kappa shape index (κ1) is 20.2. The van der Waals surface area contributed by atoms with Crippen LogP contribution < -0.4 is 5.73 Å². The molecule has 0 fully saturated rings. The van der Waals surface area contributed by atoms with Crippen molar-refractivity contribution in [3.05, 3.63) is 60.3 Å². The van der Waals surface area contributed by atoms with E-state index in [1.54, 1.807) is 62.4 Å².